The normalized spacial score (nSPS) is 10.3. The first-order chi connectivity index (χ1) is 9.69. The van der Waals surface area contributed by atoms with E-state index >= 15 is 0 Å². The van der Waals surface area contributed by atoms with Gasteiger partial charge in [-0.3, -0.25) is 4.79 Å². The number of halogens is 1. The minimum atomic E-state index is -0.151. The molecule has 0 saturated heterocycles. The maximum Gasteiger partial charge on any atom is 0.251 e. The van der Waals surface area contributed by atoms with Gasteiger partial charge in [0.2, 0.25) is 0 Å². The quantitative estimate of drug-likeness (QED) is 0.802. The molecule has 0 spiro atoms. The van der Waals surface area contributed by atoms with Crippen LogP contribution in [-0.4, -0.2) is 17.4 Å². The van der Waals surface area contributed by atoms with Crippen molar-refractivity contribution in [3.05, 3.63) is 45.2 Å². The van der Waals surface area contributed by atoms with Gasteiger partial charge in [0.25, 0.3) is 5.91 Å². The molecule has 0 aliphatic carbocycles. The number of hydrogen-bond donors (Lipinski definition) is 2. The second-order valence-corrected chi connectivity index (χ2v) is 5.67. The van der Waals surface area contributed by atoms with Gasteiger partial charge in [0.1, 0.15) is 11.0 Å². The molecule has 6 heteroatoms. The number of rotatable bonds is 6. The molecule has 0 unspecified atom stereocenters. The van der Waals surface area contributed by atoms with Gasteiger partial charge in [-0.2, -0.15) is 0 Å². The van der Waals surface area contributed by atoms with E-state index in [1.54, 1.807) is 23.5 Å². The van der Waals surface area contributed by atoms with E-state index in [-0.39, 0.29) is 5.91 Å². The van der Waals surface area contributed by atoms with E-state index in [1.807, 2.05) is 17.5 Å². The number of anilines is 1. The lowest BCUT2D eigenvalue weighted by Gasteiger charge is -2.08. The highest BCUT2D eigenvalue weighted by Gasteiger charge is 2.09. The highest BCUT2D eigenvalue weighted by molar-refractivity contribution is 7.09. The Balaban J connectivity index is 2.02. The second-order valence-electron chi connectivity index (χ2n) is 4.25. The summed E-state index contributed by atoms with van der Waals surface area (Å²) in [6.45, 7) is 3.38. The third kappa shape index (κ3) is 4.21. The first-order valence-electron chi connectivity index (χ1n) is 6.41. The van der Waals surface area contributed by atoms with Crippen molar-refractivity contribution in [1.82, 2.24) is 10.3 Å². The molecule has 0 saturated carbocycles. The van der Waals surface area contributed by atoms with Crippen molar-refractivity contribution in [3.8, 4) is 0 Å². The Morgan fingerprint density at radius 1 is 1.45 bits per heavy atom. The van der Waals surface area contributed by atoms with Crippen LogP contribution < -0.4 is 10.6 Å². The molecule has 1 amide bonds. The van der Waals surface area contributed by atoms with Gasteiger partial charge >= 0.3 is 0 Å². The largest absolute Gasteiger partial charge is 0.370 e. The summed E-state index contributed by atoms with van der Waals surface area (Å²) < 4.78 is 0. The predicted molar refractivity (Wildman–Crippen MR) is 83.5 cm³/mol. The molecule has 106 valence electrons. The summed E-state index contributed by atoms with van der Waals surface area (Å²) in [7, 11) is 0. The third-order valence-corrected chi connectivity index (χ3v) is 3.69. The Morgan fingerprint density at radius 2 is 2.30 bits per heavy atom. The number of pyridine rings is 1. The lowest BCUT2D eigenvalue weighted by atomic mass is 10.2. The lowest BCUT2D eigenvalue weighted by molar-refractivity contribution is 0.0951. The minimum absolute atomic E-state index is 0.151. The number of nitrogens with one attached hydrogen (secondary N) is 2. The molecule has 0 aliphatic heterocycles. The molecule has 4 nitrogen and oxygen atoms in total. The molecule has 0 bridgehead atoms. The summed E-state index contributed by atoms with van der Waals surface area (Å²) in [4.78, 5) is 17.4. The second kappa shape index (κ2) is 7.26. The van der Waals surface area contributed by atoms with Crippen LogP contribution >= 0.6 is 22.9 Å². The smallest absolute Gasteiger partial charge is 0.251 e. The van der Waals surface area contributed by atoms with Crippen LogP contribution in [0.25, 0.3) is 0 Å². The van der Waals surface area contributed by atoms with Crippen LogP contribution in [0.1, 0.15) is 28.6 Å². The Kier molecular flexibility index (Phi) is 5.38. The molecule has 2 aromatic rings. The van der Waals surface area contributed by atoms with Gasteiger partial charge in [-0.05, 0) is 30.0 Å². The van der Waals surface area contributed by atoms with Gasteiger partial charge in [-0.15, -0.1) is 11.3 Å². The molecular formula is C14H16ClN3OS. The molecule has 2 rings (SSSR count). The van der Waals surface area contributed by atoms with E-state index in [0.717, 1.165) is 17.8 Å². The van der Waals surface area contributed by atoms with Crippen LogP contribution in [0.4, 0.5) is 5.82 Å². The first-order valence-corrected chi connectivity index (χ1v) is 7.67. The Hall–Kier alpha value is -1.59. The summed E-state index contributed by atoms with van der Waals surface area (Å²) in [5.74, 6) is 0.475. The number of hydrogen-bond acceptors (Lipinski definition) is 4. The van der Waals surface area contributed by atoms with Crippen molar-refractivity contribution in [1.29, 1.82) is 0 Å². The third-order valence-electron chi connectivity index (χ3n) is 2.62. The van der Waals surface area contributed by atoms with Gasteiger partial charge in [0, 0.05) is 17.0 Å². The predicted octanol–water partition coefficient (Wildman–Crippen LogP) is 3.55. The highest BCUT2D eigenvalue weighted by Crippen LogP contribution is 2.15. The average molecular weight is 310 g/mol. The molecule has 0 aliphatic rings. The van der Waals surface area contributed by atoms with E-state index < -0.39 is 0 Å². The Morgan fingerprint density at radius 3 is 3.00 bits per heavy atom. The molecule has 2 heterocycles. The van der Waals surface area contributed by atoms with Gasteiger partial charge in [0.05, 0.1) is 6.54 Å². The van der Waals surface area contributed by atoms with E-state index in [4.69, 9.17) is 11.6 Å². The van der Waals surface area contributed by atoms with E-state index in [1.165, 1.54) is 0 Å². The van der Waals surface area contributed by atoms with Crippen LogP contribution in [0, 0.1) is 0 Å². The van der Waals surface area contributed by atoms with Gasteiger partial charge < -0.3 is 10.6 Å². The summed E-state index contributed by atoms with van der Waals surface area (Å²) in [5.41, 5.74) is 0.514. The van der Waals surface area contributed by atoms with Crippen LogP contribution in [0.2, 0.25) is 5.15 Å². The fraction of sp³-hybridized carbons (Fsp3) is 0.286. The Bertz CT molecular complexity index is 572. The summed E-state index contributed by atoms with van der Waals surface area (Å²) in [6.07, 6.45) is 0.980. The number of aromatic nitrogens is 1. The molecule has 0 fully saturated rings. The maximum absolute atomic E-state index is 12.1. The summed E-state index contributed by atoms with van der Waals surface area (Å²) in [5, 5.41) is 8.29. The number of nitrogens with zero attached hydrogens (tertiary/aromatic N) is 1. The summed E-state index contributed by atoms with van der Waals surface area (Å²) >= 11 is 7.56. The van der Waals surface area contributed by atoms with Crippen molar-refractivity contribution in [2.24, 2.45) is 0 Å². The molecule has 0 atom stereocenters. The van der Waals surface area contributed by atoms with Crippen LogP contribution in [0.15, 0.2) is 29.6 Å². The molecule has 20 heavy (non-hydrogen) atoms. The summed E-state index contributed by atoms with van der Waals surface area (Å²) in [6, 6.07) is 7.23. The van der Waals surface area contributed by atoms with E-state index in [9.17, 15) is 4.79 Å². The van der Waals surface area contributed by atoms with Crippen LogP contribution in [0.3, 0.4) is 0 Å². The van der Waals surface area contributed by atoms with Gasteiger partial charge in [0.15, 0.2) is 0 Å². The maximum atomic E-state index is 12.1. The highest BCUT2D eigenvalue weighted by atomic mass is 35.5. The zero-order chi connectivity index (χ0) is 14.4. The fourth-order valence-electron chi connectivity index (χ4n) is 1.65. The van der Waals surface area contributed by atoms with E-state index in [2.05, 4.69) is 22.5 Å². The topological polar surface area (TPSA) is 54.0 Å². The van der Waals surface area contributed by atoms with Crippen LogP contribution in [0.5, 0.6) is 0 Å². The standard InChI is InChI=1S/C14H16ClN3OS/c1-2-5-16-13-8-10(7-12(15)18-13)14(19)17-9-11-4-3-6-20-11/h3-4,6-8H,2,5,9H2,1H3,(H,16,18)(H,17,19). The molecular weight excluding hydrogens is 294 g/mol. The lowest BCUT2D eigenvalue weighted by Crippen LogP contribution is -2.22. The monoisotopic (exact) mass is 309 g/mol. The first kappa shape index (κ1) is 14.8. The number of carbonyl (C=O) groups is 1. The van der Waals surface area contributed by atoms with Crippen molar-refractivity contribution < 1.29 is 4.79 Å². The Labute approximate surface area is 127 Å². The van der Waals surface area contributed by atoms with Crippen molar-refractivity contribution >= 4 is 34.7 Å². The molecule has 2 N–H and O–H groups in total. The number of amides is 1. The van der Waals surface area contributed by atoms with E-state index in [0.29, 0.717) is 23.1 Å². The fourth-order valence-corrected chi connectivity index (χ4v) is 2.51. The van der Waals surface area contributed by atoms with Gasteiger partial charge in [-0.25, -0.2) is 4.98 Å². The zero-order valence-corrected chi connectivity index (χ0v) is 12.7. The molecule has 0 radical (unpaired) electrons. The number of carbonyl (C=O) groups excluding carboxylic acids is 1. The van der Waals surface area contributed by atoms with Crippen molar-refractivity contribution in [3.63, 3.8) is 0 Å². The number of thiophene rings is 1. The van der Waals surface area contributed by atoms with Gasteiger partial charge in [-0.1, -0.05) is 24.6 Å². The van der Waals surface area contributed by atoms with Crippen molar-refractivity contribution in [2.45, 2.75) is 19.9 Å². The molecule has 2 aromatic heterocycles. The van der Waals surface area contributed by atoms with Crippen molar-refractivity contribution in [2.75, 3.05) is 11.9 Å². The molecule has 0 aromatic carbocycles. The SMILES string of the molecule is CCCNc1cc(C(=O)NCc2cccs2)cc(Cl)n1. The average Bonchev–Trinajstić information content (AvgIpc) is 2.95. The van der Waals surface area contributed by atoms with Crippen LogP contribution in [-0.2, 0) is 6.54 Å². The zero-order valence-electron chi connectivity index (χ0n) is 11.1. The minimum Gasteiger partial charge on any atom is -0.370 e.